The van der Waals surface area contributed by atoms with Gasteiger partial charge in [-0.2, -0.15) is 5.10 Å². The predicted octanol–water partition coefficient (Wildman–Crippen LogP) is 1.86. The molecule has 2 aromatic rings. The number of rotatable bonds is 3. The SMILES string of the molecule is Nc1ccc(Cc2n[nH]c(=O)n2C2CCCC2)cc1. The maximum absolute atomic E-state index is 11.9. The summed E-state index contributed by atoms with van der Waals surface area (Å²) < 4.78 is 1.84. The first-order valence-electron chi connectivity index (χ1n) is 6.74. The Morgan fingerprint density at radius 3 is 2.63 bits per heavy atom. The van der Waals surface area contributed by atoms with Crippen molar-refractivity contribution in [2.24, 2.45) is 0 Å². The Balaban J connectivity index is 1.88. The van der Waals surface area contributed by atoms with Crippen molar-refractivity contribution in [2.45, 2.75) is 38.1 Å². The fourth-order valence-electron chi connectivity index (χ4n) is 2.82. The van der Waals surface area contributed by atoms with Gasteiger partial charge in [0.25, 0.3) is 0 Å². The number of aromatic nitrogens is 3. The zero-order valence-corrected chi connectivity index (χ0v) is 10.8. The van der Waals surface area contributed by atoms with Crippen LogP contribution in [0.1, 0.15) is 43.1 Å². The monoisotopic (exact) mass is 258 g/mol. The van der Waals surface area contributed by atoms with E-state index in [4.69, 9.17) is 5.73 Å². The third-order valence-electron chi connectivity index (χ3n) is 3.81. The molecular formula is C14H18N4O. The molecule has 1 aliphatic carbocycles. The Morgan fingerprint density at radius 2 is 1.95 bits per heavy atom. The number of anilines is 1. The molecule has 100 valence electrons. The number of hydrogen-bond donors (Lipinski definition) is 2. The molecule has 1 aliphatic rings. The molecule has 5 nitrogen and oxygen atoms in total. The molecule has 0 radical (unpaired) electrons. The fraction of sp³-hybridized carbons (Fsp3) is 0.429. The van der Waals surface area contributed by atoms with Gasteiger partial charge in [-0.25, -0.2) is 9.89 Å². The van der Waals surface area contributed by atoms with E-state index in [-0.39, 0.29) is 5.69 Å². The van der Waals surface area contributed by atoms with Crippen LogP contribution in [0.3, 0.4) is 0 Å². The Morgan fingerprint density at radius 1 is 1.26 bits per heavy atom. The van der Waals surface area contributed by atoms with E-state index in [1.807, 2.05) is 28.8 Å². The highest BCUT2D eigenvalue weighted by Crippen LogP contribution is 2.29. The van der Waals surface area contributed by atoms with Gasteiger partial charge < -0.3 is 5.73 Å². The van der Waals surface area contributed by atoms with E-state index in [9.17, 15) is 4.79 Å². The molecule has 0 aliphatic heterocycles. The second-order valence-corrected chi connectivity index (χ2v) is 5.17. The molecule has 0 bridgehead atoms. The summed E-state index contributed by atoms with van der Waals surface area (Å²) in [5.41, 5.74) is 7.46. The van der Waals surface area contributed by atoms with Crippen molar-refractivity contribution in [1.82, 2.24) is 14.8 Å². The van der Waals surface area contributed by atoms with Gasteiger partial charge in [0.15, 0.2) is 0 Å². The van der Waals surface area contributed by atoms with Crippen molar-refractivity contribution < 1.29 is 0 Å². The van der Waals surface area contributed by atoms with Crippen LogP contribution in [0.5, 0.6) is 0 Å². The van der Waals surface area contributed by atoms with Crippen molar-refractivity contribution in [2.75, 3.05) is 5.73 Å². The van der Waals surface area contributed by atoms with Crippen LogP contribution in [0.2, 0.25) is 0 Å². The van der Waals surface area contributed by atoms with Crippen LogP contribution in [-0.2, 0) is 6.42 Å². The number of benzene rings is 1. The molecule has 1 aromatic heterocycles. The lowest BCUT2D eigenvalue weighted by Gasteiger charge is -2.12. The maximum Gasteiger partial charge on any atom is 0.343 e. The Kier molecular flexibility index (Phi) is 3.11. The van der Waals surface area contributed by atoms with Gasteiger partial charge in [0.05, 0.1) is 0 Å². The minimum absolute atomic E-state index is 0.0858. The summed E-state index contributed by atoms with van der Waals surface area (Å²) in [5.74, 6) is 0.821. The first-order chi connectivity index (χ1) is 9.24. The fourth-order valence-corrected chi connectivity index (χ4v) is 2.82. The molecule has 0 atom stereocenters. The Labute approximate surface area is 111 Å². The van der Waals surface area contributed by atoms with Crippen molar-refractivity contribution in [1.29, 1.82) is 0 Å². The summed E-state index contributed by atoms with van der Waals surface area (Å²) in [4.78, 5) is 11.9. The van der Waals surface area contributed by atoms with Crippen LogP contribution < -0.4 is 11.4 Å². The van der Waals surface area contributed by atoms with Gasteiger partial charge in [0, 0.05) is 18.2 Å². The summed E-state index contributed by atoms with van der Waals surface area (Å²) in [6, 6.07) is 8.02. The molecular weight excluding hydrogens is 240 g/mol. The second-order valence-electron chi connectivity index (χ2n) is 5.17. The molecule has 1 saturated carbocycles. The third kappa shape index (κ3) is 2.41. The Bertz CT molecular complexity index is 605. The second kappa shape index (κ2) is 4.91. The van der Waals surface area contributed by atoms with Crippen LogP contribution in [-0.4, -0.2) is 14.8 Å². The van der Waals surface area contributed by atoms with Gasteiger partial charge in [-0.05, 0) is 30.5 Å². The van der Waals surface area contributed by atoms with Gasteiger partial charge in [-0.15, -0.1) is 0 Å². The standard InChI is InChI=1S/C14H18N4O/c15-11-7-5-10(6-8-11)9-13-16-17-14(19)18(13)12-3-1-2-4-12/h5-8,12H,1-4,9,15H2,(H,17,19). The normalized spacial score (nSPS) is 16.0. The first kappa shape index (κ1) is 12.0. The smallest absolute Gasteiger partial charge is 0.343 e. The zero-order valence-electron chi connectivity index (χ0n) is 10.8. The summed E-state index contributed by atoms with van der Waals surface area (Å²) >= 11 is 0. The minimum Gasteiger partial charge on any atom is -0.399 e. The molecule has 0 amide bonds. The van der Waals surface area contributed by atoms with E-state index in [1.165, 1.54) is 12.8 Å². The van der Waals surface area contributed by atoms with E-state index in [0.29, 0.717) is 12.5 Å². The first-order valence-corrected chi connectivity index (χ1v) is 6.74. The molecule has 0 unspecified atom stereocenters. The topological polar surface area (TPSA) is 76.7 Å². The largest absolute Gasteiger partial charge is 0.399 e. The van der Waals surface area contributed by atoms with Gasteiger partial charge in [0.1, 0.15) is 5.82 Å². The molecule has 1 fully saturated rings. The van der Waals surface area contributed by atoms with Gasteiger partial charge >= 0.3 is 5.69 Å². The molecule has 19 heavy (non-hydrogen) atoms. The molecule has 1 aromatic carbocycles. The van der Waals surface area contributed by atoms with Crippen LogP contribution in [0, 0.1) is 0 Å². The summed E-state index contributed by atoms with van der Waals surface area (Å²) in [7, 11) is 0. The van der Waals surface area contributed by atoms with Gasteiger partial charge in [0.2, 0.25) is 0 Å². The lowest BCUT2D eigenvalue weighted by Crippen LogP contribution is -2.22. The molecule has 5 heteroatoms. The van der Waals surface area contributed by atoms with E-state index in [0.717, 1.165) is 29.9 Å². The molecule has 0 saturated heterocycles. The van der Waals surface area contributed by atoms with Crippen molar-refractivity contribution in [3.8, 4) is 0 Å². The number of aromatic amines is 1. The number of hydrogen-bond acceptors (Lipinski definition) is 3. The van der Waals surface area contributed by atoms with Gasteiger partial charge in [-0.1, -0.05) is 25.0 Å². The molecule has 1 heterocycles. The number of H-pyrrole nitrogens is 1. The van der Waals surface area contributed by atoms with Crippen molar-refractivity contribution >= 4 is 5.69 Å². The van der Waals surface area contributed by atoms with Crippen LogP contribution in [0.15, 0.2) is 29.1 Å². The van der Waals surface area contributed by atoms with E-state index in [2.05, 4.69) is 10.2 Å². The number of nitrogens with two attached hydrogens (primary N) is 1. The summed E-state index contributed by atoms with van der Waals surface area (Å²) in [6.45, 7) is 0. The zero-order chi connectivity index (χ0) is 13.2. The van der Waals surface area contributed by atoms with Crippen LogP contribution in [0.4, 0.5) is 5.69 Å². The third-order valence-corrected chi connectivity index (χ3v) is 3.81. The van der Waals surface area contributed by atoms with Crippen molar-refractivity contribution in [3.63, 3.8) is 0 Å². The highest BCUT2D eigenvalue weighted by molar-refractivity contribution is 5.39. The summed E-state index contributed by atoms with van der Waals surface area (Å²) in [5, 5.41) is 6.75. The number of nitrogens with zero attached hydrogens (tertiary/aromatic N) is 2. The maximum atomic E-state index is 11.9. The van der Waals surface area contributed by atoms with Crippen LogP contribution >= 0.6 is 0 Å². The highest BCUT2D eigenvalue weighted by atomic mass is 16.1. The molecule has 0 spiro atoms. The van der Waals surface area contributed by atoms with E-state index >= 15 is 0 Å². The van der Waals surface area contributed by atoms with E-state index in [1.54, 1.807) is 0 Å². The lowest BCUT2D eigenvalue weighted by atomic mass is 10.1. The Hall–Kier alpha value is -2.04. The van der Waals surface area contributed by atoms with E-state index < -0.39 is 0 Å². The molecule has 3 rings (SSSR count). The average molecular weight is 258 g/mol. The highest BCUT2D eigenvalue weighted by Gasteiger charge is 2.22. The minimum atomic E-state index is -0.0858. The van der Waals surface area contributed by atoms with Gasteiger partial charge in [-0.3, -0.25) is 4.57 Å². The average Bonchev–Trinajstić information content (AvgIpc) is 3.02. The number of nitrogens with one attached hydrogen (secondary N) is 1. The molecule has 3 N–H and O–H groups in total. The summed E-state index contributed by atoms with van der Waals surface area (Å²) in [6.07, 6.45) is 5.21. The predicted molar refractivity (Wildman–Crippen MR) is 74.0 cm³/mol. The van der Waals surface area contributed by atoms with Crippen LogP contribution in [0.25, 0.3) is 0 Å². The lowest BCUT2D eigenvalue weighted by molar-refractivity contribution is 0.487. The van der Waals surface area contributed by atoms with Crippen molar-refractivity contribution in [3.05, 3.63) is 46.1 Å². The quantitative estimate of drug-likeness (QED) is 0.825. The number of nitrogen functional groups attached to an aromatic ring is 1.